The van der Waals surface area contributed by atoms with Crippen molar-refractivity contribution >= 4 is 5.95 Å². The van der Waals surface area contributed by atoms with E-state index in [1.807, 2.05) is 0 Å². The normalized spacial score (nSPS) is 27.9. The summed E-state index contributed by atoms with van der Waals surface area (Å²) in [4.78, 5) is 3.63. The maximum absolute atomic E-state index is 12.7. The Kier molecular flexibility index (Phi) is 2.73. The maximum atomic E-state index is 12.7. The fraction of sp³-hybridized carbons (Fsp3) is 0.727. The Labute approximate surface area is 102 Å². The zero-order valence-electron chi connectivity index (χ0n) is 9.70. The van der Waals surface area contributed by atoms with E-state index < -0.39 is 11.9 Å². The van der Waals surface area contributed by atoms with E-state index in [-0.39, 0.29) is 6.04 Å². The number of fused-ring (bicyclic) bond motifs is 1. The van der Waals surface area contributed by atoms with Crippen molar-refractivity contribution < 1.29 is 17.9 Å². The molecular formula is C11H14F3N3O. The lowest BCUT2D eigenvalue weighted by molar-refractivity contribution is -0.140. The number of imidazole rings is 1. The number of hydrogen-bond donors (Lipinski definition) is 1. The highest BCUT2D eigenvalue weighted by atomic mass is 19.4. The summed E-state index contributed by atoms with van der Waals surface area (Å²) in [5.74, 6) is 0.617. The van der Waals surface area contributed by atoms with Crippen molar-refractivity contribution in [2.45, 2.75) is 25.1 Å². The van der Waals surface area contributed by atoms with Gasteiger partial charge in [0, 0.05) is 31.3 Å². The summed E-state index contributed by atoms with van der Waals surface area (Å²) in [6.07, 6.45) is -1.55. The smallest absolute Gasteiger partial charge is 0.381 e. The first-order valence-electron chi connectivity index (χ1n) is 6.03. The standard InChI is InChI=1S/C11H14F3N3O/c12-11(13,14)9-5-17-8(7-2-4-18-6-7)1-3-15-10(17)16-9/h5,7-8H,1-4,6H2,(H,15,16). The highest BCUT2D eigenvalue weighted by molar-refractivity contribution is 5.33. The minimum Gasteiger partial charge on any atom is -0.381 e. The van der Waals surface area contributed by atoms with Gasteiger partial charge in [0.1, 0.15) is 0 Å². The van der Waals surface area contributed by atoms with E-state index >= 15 is 0 Å². The van der Waals surface area contributed by atoms with Gasteiger partial charge in [-0.2, -0.15) is 13.2 Å². The molecule has 18 heavy (non-hydrogen) atoms. The molecule has 3 heterocycles. The van der Waals surface area contributed by atoms with Gasteiger partial charge in [-0.1, -0.05) is 0 Å². The molecule has 1 aromatic rings. The highest BCUT2D eigenvalue weighted by Gasteiger charge is 2.38. The molecule has 1 N–H and O–H groups in total. The number of nitrogens with one attached hydrogen (secondary N) is 1. The van der Waals surface area contributed by atoms with Crippen LogP contribution in [0.15, 0.2) is 6.20 Å². The zero-order valence-corrected chi connectivity index (χ0v) is 9.70. The average Bonchev–Trinajstić information content (AvgIpc) is 2.96. The van der Waals surface area contributed by atoms with Crippen LogP contribution in [0.25, 0.3) is 0 Å². The van der Waals surface area contributed by atoms with E-state index in [0.717, 1.165) is 19.0 Å². The molecule has 1 saturated heterocycles. The molecule has 2 aliphatic heterocycles. The average molecular weight is 261 g/mol. The molecule has 0 spiro atoms. The summed E-state index contributed by atoms with van der Waals surface area (Å²) in [6, 6.07) is 0.0624. The molecule has 100 valence electrons. The lowest BCUT2D eigenvalue weighted by Crippen LogP contribution is -2.28. The lowest BCUT2D eigenvalue weighted by Gasteiger charge is -2.29. The maximum Gasteiger partial charge on any atom is 0.434 e. The molecule has 2 unspecified atom stereocenters. The fourth-order valence-electron chi connectivity index (χ4n) is 2.70. The molecule has 3 rings (SSSR count). The second-order valence-electron chi connectivity index (χ2n) is 4.76. The SMILES string of the molecule is FC(F)(F)c1cn2c(n1)NCCC2C1CCOC1. The Hall–Kier alpha value is -1.24. The van der Waals surface area contributed by atoms with Crippen molar-refractivity contribution in [2.75, 3.05) is 25.1 Å². The van der Waals surface area contributed by atoms with Gasteiger partial charge in [0.25, 0.3) is 0 Å². The molecule has 1 aromatic heterocycles. The van der Waals surface area contributed by atoms with Crippen molar-refractivity contribution in [1.82, 2.24) is 9.55 Å². The molecule has 7 heteroatoms. The number of ether oxygens (including phenoxy) is 1. The van der Waals surface area contributed by atoms with Crippen molar-refractivity contribution in [1.29, 1.82) is 0 Å². The molecule has 0 bridgehead atoms. The van der Waals surface area contributed by atoms with E-state index in [9.17, 15) is 13.2 Å². The largest absolute Gasteiger partial charge is 0.434 e. The van der Waals surface area contributed by atoms with Gasteiger partial charge in [0.05, 0.1) is 6.61 Å². The second kappa shape index (κ2) is 4.15. The van der Waals surface area contributed by atoms with Gasteiger partial charge < -0.3 is 14.6 Å². The van der Waals surface area contributed by atoms with Crippen molar-refractivity contribution in [3.05, 3.63) is 11.9 Å². The van der Waals surface area contributed by atoms with Crippen LogP contribution >= 0.6 is 0 Å². The molecule has 0 amide bonds. The van der Waals surface area contributed by atoms with Crippen LogP contribution in [0, 0.1) is 5.92 Å². The number of nitrogens with zero attached hydrogens (tertiary/aromatic N) is 2. The molecular weight excluding hydrogens is 247 g/mol. The zero-order chi connectivity index (χ0) is 12.8. The Balaban J connectivity index is 1.92. The van der Waals surface area contributed by atoms with Crippen LogP contribution < -0.4 is 5.32 Å². The summed E-state index contributed by atoms with van der Waals surface area (Å²) >= 11 is 0. The Morgan fingerprint density at radius 2 is 2.22 bits per heavy atom. The van der Waals surface area contributed by atoms with E-state index in [2.05, 4.69) is 10.3 Å². The van der Waals surface area contributed by atoms with E-state index in [0.29, 0.717) is 31.6 Å². The van der Waals surface area contributed by atoms with Crippen LogP contribution in [0.1, 0.15) is 24.6 Å². The third kappa shape index (κ3) is 1.96. The van der Waals surface area contributed by atoms with Gasteiger partial charge in [-0.25, -0.2) is 4.98 Å². The third-order valence-electron chi connectivity index (χ3n) is 3.61. The van der Waals surface area contributed by atoms with Gasteiger partial charge in [-0.3, -0.25) is 0 Å². The first kappa shape index (κ1) is 11.8. The molecule has 0 radical (unpaired) electrons. The van der Waals surface area contributed by atoms with Crippen LogP contribution in [-0.4, -0.2) is 29.3 Å². The molecule has 0 aromatic carbocycles. The van der Waals surface area contributed by atoms with Crippen LogP contribution in [0.3, 0.4) is 0 Å². The van der Waals surface area contributed by atoms with Crippen molar-refractivity contribution in [3.63, 3.8) is 0 Å². The highest BCUT2D eigenvalue weighted by Crippen LogP contribution is 2.37. The van der Waals surface area contributed by atoms with Crippen LogP contribution in [0.2, 0.25) is 0 Å². The number of hydrogen-bond acceptors (Lipinski definition) is 3. The summed E-state index contributed by atoms with van der Waals surface area (Å²) in [5.41, 5.74) is -0.823. The van der Waals surface area contributed by atoms with Gasteiger partial charge in [-0.15, -0.1) is 0 Å². The van der Waals surface area contributed by atoms with Gasteiger partial charge >= 0.3 is 6.18 Å². The second-order valence-corrected chi connectivity index (χ2v) is 4.76. The minimum atomic E-state index is -4.39. The fourth-order valence-corrected chi connectivity index (χ4v) is 2.70. The van der Waals surface area contributed by atoms with Gasteiger partial charge in [0.2, 0.25) is 5.95 Å². The number of rotatable bonds is 1. The summed E-state index contributed by atoms with van der Waals surface area (Å²) in [5, 5.41) is 2.92. The summed E-state index contributed by atoms with van der Waals surface area (Å²) in [6.45, 7) is 1.99. The topological polar surface area (TPSA) is 39.1 Å². The lowest BCUT2D eigenvalue weighted by atomic mass is 9.95. The number of alkyl halides is 3. The predicted molar refractivity (Wildman–Crippen MR) is 58.3 cm³/mol. The van der Waals surface area contributed by atoms with E-state index in [4.69, 9.17) is 4.74 Å². The van der Waals surface area contributed by atoms with Crippen LogP contribution in [0.4, 0.5) is 19.1 Å². The minimum absolute atomic E-state index is 0.0624. The Morgan fingerprint density at radius 3 is 2.89 bits per heavy atom. The third-order valence-corrected chi connectivity index (χ3v) is 3.61. The van der Waals surface area contributed by atoms with Crippen molar-refractivity contribution in [3.8, 4) is 0 Å². The Morgan fingerprint density at radius 1 is 1.39 bits per heavy atom. The van der Waals surface area contributed by atoms with Crippen LogP contribution in [-0.2, 0) is 10.9 Å². The monoisotopic (exact) mass is 261 g/mol. The molecule has 4 nitrogen and oxygen atoms in total. The van der Waals surface area contributed by atoms with E-state index in [1.165, 1.54) is 0 Å². The predicted octanol–water partition coefficient (Wildman–Crippen LogP) is 2.30. The molecule has 0 aliphatic carbocycles. The van der Waals surface area contributed by atoms with Crippen molar-refractivity contribution in [2.24, 2.45) is 5.92 Å². The molecule has 0 saturated carbocycles. The quantitative estimate of drug-likeness (QED) is 0.843. The number of anilines is 1. The van der Waals surface area contributed by atoms with Crippen LogP contribution in [0.5, 0.6) is 0 Å². The molecule has 2 aliphatic rings. The number of aromatic nitrogens is 2. The Bertz CT molecular complexity index is 437. The summed E-state index contributed by atoms with van der Waals surface area (Å²) < 4.78 is 44.9. The summed E-state index contributed by atoms with van der Waals surface area (Å²) in [7, 11) is 0. The van der Waals surface area contributed by atoms with Gasteiger partial charge in [-0.05, 0) is 12.8 Å². The molecule has 2 atom stereocenters. The van der Waals surface area contributed by atoms with Gasteiger partial charge in [0.15, 0.2) is 5.69 Å². The van der Waals surface area contributed by atoms with E-state index in [1.54, 1.807) is 4.57 Å². The molecule has 1 fully saturated rings. The number of halogens is 3. The first-order chi connectivity index (χ1) is 8.55. The first-order valence-corrected chi connectivity index (χ1v) is 6.03.